The lowest BCUT2D eigenvalue weighted by molar-refractivity contribution is 0.102. The van der Waals surface area contributed by atoms with E-state index in [1.54, 1.807) is 18.3 Å². The molecule has 0 aliphatic heterocycles. The molecule has 0 radical (unpaired) electrons. The van der Waals surface area contributed by atoms with Gasteiger partial charge in [-0.05, 0) is 19.9 Å². The van der Waals surface area contributed by atoms with E-state index in [4.69, 9.17) is 9.51 Å². The number of hydrogen-bond acceptors (Lipinski definition) is 5. The largest absolute Gasteiger partial charge is 0.359 e. The van der Waals surface area contributed by atoms with Crippen LogP contribution in [0.4, 0.5) is 5.82 Å². The molecule has 1 aromatic carbocycles. The van der Waals surface area contributed by atoms with Crippen LogP contribution in [0.25, 0.3) is 22.3 Å². The molecule has 30 heavy (non-hydrogen) atoms. The standard InChI is InChI=1S/C23H25N5O2/c1-14(2)28-21-17(13-24-28)16(11-18(25-21)15-9-7-6-8-10-15)22(29)26-20-12-19(30-27-20)23(3,4)5/h6-14H,1-5H3,(H,26,27,29). The minimum absolute atomic E-state index is 0.113. The van der Waals surface area contributed by atoms with E-state index in [1.807, 2.05) is 69.6 Å². The average molecular weight is 403 g/mol. The summed E-state index contributed by atoms with van der Waals surface area (Å²) < 4.78 is 7.21. The van der Waals surface area contributed by atoms with Gasteiger partial charge in [0, 0.05) is 23.1 Å². The number of aromatic nitrogens is 4. The highest BCUT2D eigenvalue weighted by Crippen LogP contribution is 2.28. The molecule has 154 valence electrons. The van der Waals surface area contributed by atoms with E-state index in [-0.39, 0.29) is 17.4 Å². The number of benzene rings is 1. The van der Waals surface area contributed by atoms with Gasteiger partial charge >= 0.3 is 0 Å². The number of nitrogens with one attached hydrogen (secondary N) is 1. The molecular weight excluding hydrogens is 378 g/mol. The minimum atomic E-state index is -0.281. The fourth-order valence-corrected chi connectivity index (χ4v) is 3.21. The van der Waals surface area contributed by atoms with Crippen LogP contribution >= 0.6 is 0 Å². The van der Waals surface area contributed by atoms with Gasteiger partial charge in [-0.3, -0.25) is 4.79 Å². The second-order valence-corrected chi connectivity index (χ2v) is 8.62. The van der Waals surface area contributed by atoms with Crippen LogP contribution in [0.1, 0.15) is 56.8 Å². The van der Waals surface area contributed by atoms with E-state index in [0.717, 1.165) is 5.56 Å². The summed E-state index contributed by atoms with van der Waals surface area (Å²) in [6.45, 7) is 10.1. The molecular formula is C23H25N5O2. The zero-order chi connectivity index (χ0) is 21.5. The van der Waals surface area contributed by atoms with Gasteiger partial charge in [0.15, 0.2) is 11.5 Å². The molecule has 0 bridgehead atoms. The van der Waals surface area contributed by atoms with Gasteiger partial charge in [0.1, 0.15) is 5.76 Å². The fourth-order valence-electron chi connectivity index (χ4n) is 3.21. The van der Waals surface area contributed by atoms with Gasteiger partial charge < -0.3 is 9.84 Å². The van der Waals surface area contributed by atoms with Crippen molar-refractivity contribution >= 4 is 22.8 Å². The lowest BCUT2D eigenvalue weighted by Crippen LogP contribution is -2.14. The van der Waals surface area contributed by atoms with Crippen LogP contribution in [0.5, 0.6) is 0 Å². The van der Waals surface area contributed by atoms with E-state index in [1.165, 1.54) is 0 Å². The summed E-state index contributed by atoms with van der Waals surface area (Å²) in [5.74, 6) is 0.805. The van der Waals surface area contributed by atoms with E-state index in [9.17, 15) is 4.79 Å². The monoisotopic (exact) mass is 403 g/mol. The van der Waals surface area contributed by atoms with Gasteiger partial charge in [0.05, 0.1) is 22.8 Å². The van der Waals surface area contributed by atoms with E-state index in [2.05, 4.69) is 15.6 Å². The molecule has 1 N–H and O–H groups in total. The maximum absolute atomic E-state index is 13.2. The highest BCUT2D eigenvalue weighted by atomic mass is 16.5. The molecule has 1 amide bonds. The molecule has 3 aromatic heterocycles. The first kappa shape index (κ1) is 19.8. The number of fused-ring (bicyclic) bond motifs is 1. The van der Waals surface area contributed by atoms with Crippen LogP contribution < -0.4 is 5.32 Å². The van der Waals surface area contributed by atoms with Gasteiger partial charge in [-0.2, -0.15) is 5.10 Å². The minimum Gasteiger partial charge on any atom is -0.359 e. The van der Waals surface area contributed by atoms with Crippen molar-refractivity contribution < 1.29 is 9.32 Å². The summed E-state index contributed by atoms with van der Waals surface area (Å²) in [6, 6.07) is 13.5. The topological polar surface area (TPSA) is 85.8 Å². The number of nitrogens with zero attached hydrogens (tertiary/aromatic N) is 4. The Morgan fingerprint density at radius 1 is 1.13 bits per heavy atom. The number of amides is 1. The molecule has 0 unspecified atom stereocenters. The second-order valence-electron chi connectivity index (χ2n) is 8.62. The van der Waals surface area contributed by atoms with Crippen molar-refractivity contribution in [3.8, 4) is 11.3 Å². The number of rotatable bonds is 4. The van der Waals surface area contributed by atoms with Crippen molar-refractivity contribution in [2.75, 3.05) is 5.32 Å². The maximum Gasteiger partial charge on any atom is 0.257 e. The Balaban J connectivity index is 1.79. The van der Waals surface area contributed by atoms with E-state index >= 15 is 0 Å². The van der Waals surface area contributed by atoms with Gasteiger partial charge in [0.25, 0.3) is 5.91 Å². The van der Waals surface area contributed by atoms with Crippen LogP contribution in [0.15, 0.2) is 53.2 Å². The Morgan fingerprint density at radius 3 is 2.50 bits per heavy atom. The number of carbonyl (C=O) groups is 1. The lowest BCUT2D eigenvalue weighted by Gasteiger charge is -2.12. The molecule has 7 heteroatoms. The highest BCUT2D eigenvalue weighted by Gasteiger charge is 2.22. The Hall–Kier alpha value is -3.48. The van der Waals surface area contributed by atoms with Gasteiger partial charge in [-0.15, -0.1) is 0 Å². The number of anilines is 1. The molecule has 0 spiro atoms. The third-order valence-corrected chi connectivity index (χ3v) is 4.86. The van der Waals surface area contributed by atoms with Crippen LogP contribution in [0, 0.1) is 0 Å². The first-order valence-corrected chi connectivity index (χ1v) is 9.96. The molecule has 0 fully saturated rings. The molecule has 4 aromatic rings. The quantitative estimate of drug-likeness (QED) is 0.505. The van der Waals surface area contributed by atoms with Gasteiger partial charge in [-0.1, -0.05) is 56.3 Å². The second kappa shape index (κ2) is 7.40. The summed E-state index contributed by atoms with van der Waals surface area (Å²) in [4.78, 5) is 18.0. The Labute approximate surface area is 175 Å². The summed E-state index contributed by atoms with van der Waals surface area (Å²) in [7, 11) is 0. The van der Waals surface area contributed by atoms with Crippen molar-refractivity contribution in [3.05, 3.63) is 60.0 Å². The Kier molecular flexibility index (Phi) is 4.89. The molecule has 0 saturated heterocycles. The molecule has 0 aliphatic rings. The third kappa shape index (κ3) is 3.70. The number of pyridine rings is 1. The van der Waals surface area contributed by atoms with Crippen molar-refractivity contribution in [2.24, 2.45) is 0 Å². The molecule has 4 rings (SSSR count). The van der Waals surface area contributed by atoms with Crippen LogP contribution in [-0.2, 0) is 5.41 Å². The first-order chi connectivity index (χ1) is 14.2. The van der Waals surface area contributed by atoms with Crippen molar-refractivity contribution in [1.29, 1.82) is 0 Å². The SMILES string of the molecule is CC(C)n1ncc2c(C(=O)Nc3cc(C(C)(C)C)on3)cc(-c3ccccc3)nc21. The maximum atomic E-state index is 13.2. The molecule has 0 atom stereocenters. The normalized spacial score (nSPS) is 11.9. The zero-order valence-electron chi connectivity index (χ0n) is 17.8. The number of hydrogen-bond donors (Lipinski definition) is 1. The average Bonchev–Trinajstić information content (AvgIpc) is 3.34. The summed E-state index contributed by atoms with van der Waals surface area (Å²) >= 11 is 0. The predicted octanol–water partition coefficient (Wildman–Crippen LogP) is 5.22. The zero-order valence-corrected chi connectivity index (χ0v) is 17.8. The van der Waals surface area contributed by atoms with Crippen molar-refractivity contribution in [1.82, 2.24) is 19.9 Å². The summed E-state index contributed by atoms with van der Waals surface area (Å²) in [6.07, 6.45) is 1.69. The van der Waals surface area contributed by atoms with Crippen molar-refractivity contribution in [2.45, 2.75) is 46.1 Å². The summed E-state index contributed by atoms with van der Waals surface area (Å²) in [5, 5.41) is 12.0. The molecule has 0 saturated carbocycles. The van der Waals surface area contributed by atoms with Gasteiger partial charge in [0.2, 0.25) is 0 Å². The molecule has 3 heterocycles. The van der Waals surface area contributed by atoms with E-state index < -0.39 is 0 Å². The van der Waals surface area contributed by atoms with Crippen LogP contribution in [0.2, 0.25) is 0 Å². The first-order valence-electron chi connectivity index (χ1n) is 9.96. The highest BCUT2D eigenvalue weighted by molar-refractivity contribution is 6.12. The lowest BCUT2D eigenvalue weighted by atomic mass is 9.93. The molecule has 7 nitrogen and oxygen atoms in total. The number of carbonyl (C=O) groups excluding carboxylic acids is 1. The molecule has 0 aliphatic carbocycles. The van der Waals surface area contributed by atoms with Gasteiger partial charge in [-0.25, -0.2) is 9.67 Å². The van der Waals surface area contributed by atoms with Crippen LogP contribution in [-0.4, -0.2) is 25.8 Å². The van der Waals surface area contributed by atoms with Crippen LogP contribution in [0.3, 0.4) is 0 Å². The Bertz CT molecular complexity index is 1200. The van der Waals surface area contributed by atoms with Crippen molar-refractivity contribution in [3.63, 3.8) is 0 Å². The fraction of sp³-hybridized carbons (Fsp3) is 0.304. The Morgan fingerprint density at radius 2 is 1.87 bits per heavy atom. The predicted molar refractivity (Wildman–Crippen MR) is 117 cm³/mol. The smallest absolute Gasteiger partial charge is 0.257 e. The summed E-state index contributed by atoms with van der Waals surface area (Å²) in [5.41, 5.74) is 2.62. The van der Waals surface area contributed by atoms with E-state index in [0.29, 0.717) is 33.9 Å². The third-order valence-electron chi connectivity index (χ3n) is 4.86.